The number of hydrogen-bond acceptors (Lipinski definition) is 3. The Labute approximate surface area is 133 Å². The van der Waals surface area contributed by atoms with Crippen LogP contribution in [0.1, 0.15) is 26.2 Å². The maximum atomic E-state index is 12.5. The molecule has 0 unspecified atom stereocenters. The number of nitrogens with zero attached hydrogens (tertiary/aromatic N) is 2. The number of rotatable bonds is 6. The minimum atomic E-state index is -0.177. The molecule has 1 N–H and O–H groups in total. The highest BCUT2D eigenvalue weighted by molar-refractivity contribution is 7.19. The van der Waals surface area contributed by atoms with Crippen molar-refractivity contribution in [2.24, 2.45) is 0 Å². The number of anilines is 2. The fourth-order valence-electron chi connectivity index (χ4n) is 1.95. The molecule has 2 amide bonds. The molecule has 2 rings (SSSR count). The predicted octanol–water partition coefficient (Wildman–Crippen LogP) is 5.03. The van der Waals surface area contributed by atoms with Crippen LogP contribution in [-0.2, 0) is 0 Å². The molecule has 4 nitrogen and oxygen atoms in total. The van der Waals surface area contributed by atoms with E-state index in [1.165, 1.54) is 17.5 Å². The van der Waals surface area contributed by atoms with Gasteiger partial charge in [-0.2, -0.15) is 0 Å². The van der Waals surface area contributed by atoms with E-state index in [1.54, 1.807) is 4.90 Å². The highest BCUT2D eigenvalue weighted by Gasteiger charge is 2.16. The van der Waals surface area contributed by atoms with E-state index in [0.29, 0.717) is 16.0 Å². The number of carbonyl (C=O) groups excluding carboxylic acids is 1. The van der Waals surface area contributed by atoms with Crippen molar-refractivity contribution in [3.05, 3.63) is 40.9 Å². The maximum absolute atomic E-state index is 12.5. The van der Waals surface area contributed by atoms with Crippen LogP contribution < -0.4 is 10.2 Å². The molecule has 0 aliphatic rings. The molecule has 0 aliphatic carbocycles. The Hall–Kier alpha value is -1.59. The van der Waals surface area contributed by atoms with Crippen molar-refractivity contribution in [3.8, 4) is 0 Å². The summed E-state index contributed by atoms with van der Waals surface area (Å²) in [5, 5.41) is 3.31. The number of thiazole rings is 1. The number of nitrogens with one attached hydrogen (secondary N) is 1. The zero-order valence-electron chi connectivity index (χ0n) is 11.9. The van der Waals surface area contributed by atoms with E-state index in [2.05, 4.69) is 17.2 Å². The Morgan fingerprint density at radius 1 is 1.33 bits per heavy atom. The summed E-state index contributed by atoms with van der Waals surface area (Å²) < 4.78 is 0.558. The van der Waals surface area contributed by atoms with Crippen LogP contribution in [0.2, 0.25) is 4.34 Å². The largest absolute Gasteiger partial charge is 0.328 e. The first kappa shape index (κ1) is 15.8. The second kappa shape index (κ2) is 8.00. The van der Waals surface area contributed by atoms with Gasteiger partial charge in [0.1, 0.15) is 4.34 Å². The van der Waals surface area contributed by atoms with Crippen molar-refractivity contribution in [1.82, 2.24) is 4.98 Å². The molecule has 0 atom stereocenters. The van der Waals surface area contributed by atoms with Gasteiger partial charge in [0.2, 0.25) is 0 Å². The summed E-state index contributed by atoms with van der Waals surface area (Å²) in [6.45, 7) is 2.83. The van der Waals surface area contributed by atoms with Gasteiger partial charge in [0.25, 0.3) is 0 Å². The van der Waals surface area contributed by atoms with Crippen LogP contribution in [0.25, 0.3) is 0 Å². The molecule has 112 valence electrons. The lowest BCUT2D eigenvalue weighted by molar-refractivity contribution is 0.256. The standard InChI is InChI=1S/C15H18ClN3OS/c1-2-3-7-10-19(12-8-5-4-6-9-12)15(20)18-14-17-11-13(16)21-14/h4-6,8-9,11H,2-3,7,10H2,1H3,(H,17,18,20). The lowest BCUT2D eigenvalue weighted by atomic mass is 10.2. The van der Waals surface area contributed by atoms with E-state index in [1.807, 2.05) is 30.3 Å². The Morgan fingerprint density at radius 3 is 2.71 bits per heavy atom. The molecule has 0 fully saturated rings. The monoisotopic (exact) mass is 323 g/mol. The molecule has 0 aliphatic heterocycles. The lowest BCUT2D eigenvalue weighted by Crippen LogP contribution is -2.35. The van der Waals surface area contributed by atoms with Crippen molar-refractivity contribution >= 4 is 39.8 Å². The fraction of sp³-hybridized carbons (Fsp3) is 0.333. The summed E-state index contributed by atoms with van der Waals surface area (Å²) in [6, 6.07) is 9.47. The van der Waals surface area contributed by atoms with Gasteiger partial charge >= 0.3 is 6.03 Å². The molecule has 1 aromatic heterocycles. The smallest absolute Gasteiger partial charge is 0.294 e. The first-order valence-electron chi connectivity index (χ1n) is 6.95. The molecular formula is C15H18ClN3OS. The zero-order chi connectivity index (χ0) is 15.1. The number of amides is 2. The Kier molecular flexibility index (Phi) is 6.02. The lowest BCUT2D eigenvalue weighted by Gasteiger charge is -2.22. The van der Waals surface area contributed by atoms with Gasteiger partial charge in [-0.3, -0.25) is 10.2 Å². The first-order chi connectivity index (χ1) is 10.2. The van der Waals surface area contributed by atoms with Crippen molar-refractivity contribution in [1.29, 1.82) is 0 Å². The minimum absolute atomic E-state index is 0.177. The predicted molar refractivity (Wildman–Crippen MR) is 89.5 cm³/mol. The number of urea groups is 1. The van der Waals surface area contributed by atoms with Crippen molar-refractivity contribution in [2.75, 3.05) is 16.8 Å². The van der Waals surface area contributed by atoms with Gasteiger partial charge in [-0.25, -0.2) is 9.78 Å². The molecule has 21 heavy (non-hydrogen) atoms. The van der Waals surface area contributed by atoms with Crippen molar-refractivity contribution in [2.45, 2.75) is 26.2 Å². The summed E-state index contributed by atoms with van der Waals surface area (Å²) in [6.07, 6.45) is 4.72. The van der Waals surface area contributed by atoms with E-state index in [9.17, 15) is 4.79 Å². The Morgan fingerprint density at radius 2 is 2.10 bits per heavy atom. The number of benzene rings is 1. The van der Waals surface area contributed by atoms with Crippen LogP contribution in [0, 0.1) is 0 Å². The second-order valence-electron chi connectivity index (χ2n) is 4.59. The number of aromatic nitrogens is 1. The molecular weight excluding hydrogens is 306 g/mol. The van der Waals surface area contributed by atoms with E-state index < -0.39 is 0 Å². The van der Waals surface area contributed by atoms with Crippen LogP contribution in [-0.4, -0.2) is 17.6 Å². The van der Waals surface area contributed by atoms with Gasteiger partial charge in [0, 0.05) is 12.2 Å². The van der Waals surface area contributed by atoms with Gasteiger partial charge in [0.05, 0.1) is 6.20 Å². The topological polar surface area (TPSA) is 45.2 Å². The van der Waals surface area contributed by atoms with Gasteiger partial charge in [0.15, 0.2) is 5.13 Å². The molecule has 1 aromatic carbocycles. The molecule has 2 aromatic rings. The van der Waals surface area contributed by atoms with E-state index in [4.69, 9.17) is 11.6 Å². The van der Waals surface area contributed by atoms with E-state index in [0.717, 1.165) is 24.9 Å². The van der Waals surface area contributed by atoms with Crippen molar-refractivity contribution < 1.29 is 4.79 Å². The van der Waals surface area contributed by atoms with Crippen molar-refractivity contribution in [3.63, 3.8) is 0 Å². The van der Waals surface area contributed by atoms with E-state index >= 15 is 0 Å². The van der Waals surface area contributed by atoms with Gasteiger partial charge < -0.3 is 0 Å². The number of unbranched alkanes of at least 4 members (excludes halogenated alkanes) is 2. The normalized spacial score (nSPS) is 10.4. The average molecular weight is 324 g/mol. The van der Waals surface area contributed by atoms with Crippen LogP contribution in [0.4, 0.5) is 15.6 Å². The third-order valence-corrected chi connectivity index (χ3v) is 4.02. The summed E-state index contributed by atoms with van der Waals surface area (Å²) in [7, 11) is 0. The Bertz CT molecular complexity index is 573. The number of halogens is 1. The zero-order valence-corrected chi connectivity index (χ0v) is 13.5. The molecule has 0 saturated heterocycles. The van der Waals surface area contributed by atoms with Crippen LogP contribution in [0.15, 0.2) is 36.5 Å². The van der Waals surface area contributed by atoms with Gasteiger partial charge in [-0.15, -0.1) is 0 Å². The maximum Gasteiger partial charge on any atom is 0.328 e. The summed E-state index contributed by atoms with van der Waals surface area (Å²) in [5.41, 5.74) is 0.883. The fourth-order valence-corrected chi connectivity index (χ4v) is 2.75. The third kappa shape index (κ3) is 4.72. The van der Waals surface area contributed by atoms with Crippen LogP contribution >= 0.6 is 22.9 Å². The van der Waals surface area contributed by atoms with Gasteiger partial charge in [-0.1, -0.05) is 60.9 Å². The molecule has 0 bridgehead atoms. The Balaban J connectivity index is 2.08. The first-order valence-corrected chi connectivity index (χ1v) is 8.15. The summed E-state index contributed by atoms with van der Waals surface area (Å²) in [5.74, 6) is 0. The second-order valence-corrected chi connectivity index (χ2v) is 6.26. The molecule has 1 heterocycles. The number of carbonyl (C=O) groups is 1. The molecule has 0 radical (unpaired) electrons. The SMILES string of the molecule is CCCCCN(C(=O)Nc1ncc(Cl)s1)c1ccccc1. The minimum Gasteiger partial charge on any atom is -0.294 e. The van der Waals surface area contributed by atoms with Crippen LogP contribution in [0.3, 0.4) is 0 Å². The average Bonchev–Trinajstić information content (AvgIpc) is 2.89. The third-order valence-electron chi connectivity index (χ3n) is 2.99. The number of hydrogen-bond donors (Lipinski definition) is 1. The quantitative estimate of drug-likeness (QED) is 0.758. The van der Waals surface area contributed by atoms with Gasteiger partial charge in [-0.05, 0) is 18.6 Å². The van der Waals surface area contributed by atoms with Crippen LogP contribution in [0.5, 0.6) is 0 Å². The summed E-state index contributed by atoms with van der Waals surface area (Å²) >= 11 is 7.09. The molecule has 0 spiro atoms. The molecule has 6 heteroatoms. The highest BCUT2D eigenvalue weighted by Crippen LogP contribution is 2.23. The summed E-state index contributed by atoms with van der Waals surface area (Å²) in [4.78, 5) is 18.3. The van der Waals surface area contributed by atoms with E-state index in [-0.39, 0.29) is 6.03 Å². The highest BCUT2D eigenvalue weighted by atomic mass is 35.5. The molecule has 0 saturated carbocycles. The number of para-hydroxylation sites is 1.